The molecule has 102 valence electrons. The summed E-state index contributed by atoms with van der Waals surface area (Å²) in [4.78, 5) is 21.8. The van der Waals surface area contributed by atoms with Gasteiger partial charge < -0.3 is 0 Å². The van der Waals surface area contributed by atoms with E-state index in [1.807, 2.05) is 37.3 Å². The number of para-hydroxylation sites is 1. The van der Waals surface area contributed by atoms with Gasteiger partial charge in [0.2, 0.25) is 0 Å². The van der Waals surface area contributed by atoms with Crippen LogP contribution in [0.25, 0.3) is 16.0 Å². The smallest absolute Gasteiger partial charge is 0.266 e. The van der Waals surface area contributed by atoms with Crippen LogP contribution in [0.4, 0.5) is 0 Å². The SMILES string of the molecule is CCSc1nc2sc(Cl)nc2c(=O)n1-c1ccccc1. The van der Waals surface area contributed by atoms with Crippen molar-refractivity contribution in [1.82, 2.24) is 14.5 Å². The first-order chi connectivity index (χ1) is 9.70. The molecule has 2 aromatic heterocycles. The number of hydrogen-bond acceptors (Lipinski definition) is 5. The number of benzene rings is 1. The van der Waals surface area contributed by atoms with Crippen LogP contribution in [0.15, 0.2) is 40.3 Å². The fourth-order valence-electron chi connectivity index (χ4n) is 1.86. The first-order valence-electron chi connectivity index (χ1n) is 5.98. The number of thioether (sulfide) groups is 1. The normalized spacial score (nSPS) is 11.1. The summed E-state index contributed by atoms with van der Waals surface area (Å²) in [5.74, 6) is 0.831. The van der Waals surface area contributed by atoms with Crippen molar-refractivity contribution < 1.29 is 0 Å². The predicted molar refractivity (Wildman–Crippen MR) is 84.4 cm³/mol. The molecule has 0 saturated carbocycles. The van der Waals surface area contributed by atoms with Crippen LogP contribution in [0, 0.1) is 0 Å². The molecule has 0 saturated heterocycles. The fraction of sp³-hybridized carbons (Fsp3) is 0.154. The minimum Gasteiger partial charge on any atom is -0.266 e. The molecular weight excluding hydrogens is 314 g/mol. The van der Waals surface area contributed by atoms with Crippen molar-refractivity contribution in [2.24, 2.45) is 0 Å². The molecule has 0 aliphatic rings. The van der Waals surface area contributed by atoms with E-state index in [-0.39, 0.29) is 5.56 Å². The number of thiazole rings is 1. The number of rotatable bonds is 3. The lowest BCUT2D eigenvalue weighted by Crippen LogP contribution is -2.21. The fourth-order valence-corrected chi connectivity index (χ4v) is 3.61. The van der Waals surface area contributed by atoms with Gasteiger partial charge in [-0.3, -0.25) is 9.36 Å². The molecule has 4 nitrogen and oxygen atoms in total. The lowest BCUT2D eigenvalue weighted by atomic mass is 10.3. The molecule has 7 heteroatoms. The third-order valence-corrected chi connectivity index (χ3v) is 4.54. The first kappa shape index (κ1) is 13.6. The Kier molecular flexibility index (Phi) is 3.78. The molecule has 3 aromatic rings. The highest BCUT2D eigenvalue weighted by atomic mass is 35.5. The van der Waals surface area contributed by atoms with Crippen molar-refractivity contribution in [2.45, 2.75) is 12.1 Å². The molecule has 20 heavy (non-hydrogen) atoms. The Morgan fingerprint density at radius 1 is 1.30 bits per heavy atom. The van der Waals surface area contributed by atoms with E-state index >= 15 is 0 Å². The van der Waals surface area contributed by atoms with E-state index in [1.54, 1.807) is 4.57 Å². The molecular formula is C13H10ClN3OS2. The highest BCUT2D eigenvalue weighted by molar-refractivity contribution is 7.99. The number of hydrogen-bond donors (Lipinski definition) is 0. The van der Waals surface area contributed by atoms with E-state index < -0.39 is 0 Å². The zero-order valence-electron chi connectivity index (χ0n) is 10.5. The molecule has 0 fully saturated rings. The summed E-state index contributed by atoms with van der Waals surface area (Å²) >= 11 is 8.64. The van der Waals surface area contributed by atoms with Gasteiger partial charge in [0, 0.05) is 0 Å². The molecule has 0 aliphatic heterocycles. The van der Waals surface area contributed by atoms with Crippen LogP contribution in [0.2, 0.25) is 4.47 Å². The molecule has 0 amide bonds. The second-order valence-electron chi connectivity index (χ2n) is 3.92. The van der Waals surface area contributed by atoms with Crippen molar-refractivity contribution in [3.05, 3.63) is 45.2 Å². The van der Waals surface area contributed by atoms with Crippen LogP contribution in [0.3, 0.4) is 0 Å². The van der Waals surface area contributed by atoms with Gasteiger partial charge in [-0.2, -0.15) is 0 Å². The average molecular weight is 324 g/mol. The molecule has 3 rings (SSSR count). The topological polar surface area (TPSA) is 47.8 Å². The molecule has 0 spiro atoms. The molecule has 2 heterocycles. The second-order valence-corrected chi connectivity index (χ2v) is 6.71. The highest BCUT2D eigenvalue weighted by Gasteiger charge is 2.16. The van der Waals surface area contributed by atoms with Crippen LogP contribution in [-0.4, -0.2) is 20.3 Å². The number of nitrogens with zero attached hydrogens (tertiary/aromatic N) is 3. The van der Waals surface area contributed by atoms with Gasteiger partial charge >= 0.3 is 0 Å². The molecule has 0 bridgehead atoms. The van der Waals surface area contributed by atoms with Gasteiger partial charge in [-0.15, -0.1) is 0 Å². The average Bonchev–Trinajstić information content (AvgIpc) is 2.81. The second kappa shape index (κ2) is 5.55. The Bertz CT molecular complexity index is 814. The molecule has 0 radical (unpaired) electrons. The van der Waals surface area contributed by atoms with Crippen molar-refractivity contribution in [2.75, 3.05) is 5.75 Å². The molecule has 0 aliphatic carbocycles. The number of aromatic nitrogens is 3. The maximum Gasteiger partial charge on any atom is 0.286 e. The van der Waals surface area contributed by atoms with Crippen molar-refractivity contribution >= 4 is 45.0 Å². The minimum atomic E-state index is -0.180. The van der Waals surface area contributed by atoms with Gasteiger partial charge in [-0.05, 0) is 17.9 Å². The van der Waals surface area contributed by atoms with Crippen molar-refractivity contribution in [3.8, 4) is 5.69 Å². The lowest BCUT2D eigenvalue weighted by Gasteiger charge is -2.10. The maximum atomic E-state index is 12.6. The number of fused-ring (bicyclic) bond motifs is 1. The Morgan fingerprint density at radius 2 is 2.05 bits per heavy atom. The standard InChI is InChI=1S/C13H10ClN3OS2/c1-2-19-13-16-10-9(15-12(14)20-10)11(18)17(13)8-6-4-3-5-7-8/h3-7H,2H2,1H3. The maximum absolute atomic E-state index is 12.6. The van der Waals surface area contributed by atoms with E-state index in [0.29, 0.717) is 20.0 Å². The summed E-state index contributed by atoms with van der Waals surface area (Å²) in [6.07, 6.45) is 0. The zero-order valence-corrected chi connectivity index (χ0v) is 12.9. The number of halogens is 1. The van der Waals surface area contributed by atoms with Gasteiger partial charge in [-0.25, -0.2) is 9.97 Å². The highest BCUT2D eigenvalue weighted by Crippen LogP contribution is 2.26. The van der Waals surface area contributed by atoms with Crippen LogP contribution in [0.5, 0.6) is 0 Å². The first-order valence-corrected chi connectivity index (χ1v) is 8.16. The summed E-state index contributed by atoms with van der Waals surface area (Å²) in [5.41, 5.74) is 0.927. The Labute approximate surface area is 128 Å². The van der Waals surface area contributed by atoms with E-state index in [4.69, 9.17) is 11.6 Å². The Morgan fingerprint density at radius 3 is 2.75 bits per heavy atom. The lowest BCUT2D eigenvalue weighted by molar-refractivity contribution is 0.820. The summed E-state index contributed by atoms with van der Waals surface area (Å²) in [6, 6.07) is 9.44. The van der Waals surface area contributed by atoms with Crippen molar-refractivity contribution in [3.63, 3.8) is 0 Å². The molecule has 0 unspecified atom stereocenters. The minimum absolute atomic E-state index is 0.180. The summed E-state index contributed by atoms with van der Waals surface area (Å²) in [6.45, 7) is 2.02. The van der Waals surface area contributed by atoms with Gasteiger partial charge in [0.1, 0.15) is 0 Å². The van der Waals surface area contributed by atoms with Crippen LogP contribution >= 0.6 is 34.7 Å². The predicted octanol–water partition coefficient (Wildman–Crippen LogP) is 3.61. The Hall–Kier alpha value is -1.37. The van der Waals surface area contributed by atoms with Crippen LogP contribution in [0.1, 0.15) is 6.92 Å². The van der Waals surface area contributed by atoms with Crippen molar-refractivity contribution in [1.29, 1.82) is 0 Å². The van der Waals surface area contributed by atoms with Crippen LogP contribution < -0.4 is 5.56 Å². The van der Waals surface area contributed by atoms with E-state index in [1.165, 1.54) is 23.1 Å². The molecule has 0 N–H and O–H groups in total. The van der Waals surface area contributed by atoms with Gasteiger partial charge in [0.25, 0.3) is 5.56 Å². The van der Waals surface area contributed by atoms with E-state index in [2.05, 4.69) is 9.97 Å². The summed E-state index contributed by atoms with van der Waals surface area (Å²) in [7, 11) is 0. The monoisotopic (exact) mass is 323 g/mol. The third kappa shape index (κ3) is 2.34. The Balaban J connectivity index is 2.35. The quantitative estimate of drug-likeness (QED) is 0.545. The largest absolute Gasteiger partial charge is 0.286 e. The zero-order chi connectivity index (χ0) is 14.1. The van der Waals surface area contributed by atoms with Gasteiger partial charge in [-0.1, -0.05) is 59.8 Å². The van der Waals surface area contributed by atoms with Gasteiger partial charge in [0.15, 0.2) is 20.0 Å². The summed E-state index contributed by atoms with van der Waals surface area (Å²) < 4.78 is 1.93. The third-order valence-electron chi connectivity index (χ3n) is 2.67. The van der Waals surface area contributed by atoms with Gasteiger partial charge in [0.05, 0.1) is 5.69 Å². The molecule has 0 atom stereocenters. The summed E-state index contributed by atoms with van der Waals surface area (Å²) in [5, 5.41) is 0.663. The van der Waals surface area contributed by atoms with Crippen LogP contribution in [-0.2, 0) is 0 Å². The molecule has 1 aromatic carbocycles. The van der Waals surface area contributed by atoms with E-state index in [0.717, 1.165) is 11.4 Å². The van der Waals surface area contributed by atoms with E-state index in [9.17, 15) is 4.79 Å².